The van der Waals surface area contributed by atoms with Crippen molar-refractivity contribution in [3.63, 3.8) is 0 Å². The van der Waals surface area contributed by atoms with Crippen LogP contribution in [-0.2, 0) is 27.5 Å². The molecule has 11 nitrogen and oxygen atoms in total. The van der Waals surface area contributed by atoms with Crippen LogP contribution in [0.25, 0.3) is 0 Å². The van der Waals surface area contributed by atoms with Crippen molar-refractivity contribution in [1.82, 2.24) is 24.3 Å². The molecular formula is C28H31F6N5O6. The topological polar surface area (TPSA) is 142 Å². The van der Waals surface area contributed by atoms with Gasteiger partial charge in [0.15, 0.2) is 0 Å². The first kappa shape index (κ1) is 35.1. The van der Waals surface area contributed by atoms with Gasteiger partial charge in [0, 0.05) is 68.8 Å². The smallest absolute Gasteiger partial charge is 0.475 e. The number of aromatic nitrogens is 3. The average Bonchev–Trinajstić information content (AvgIpc) is 3.75. The van der Waals surface area contributed by atoms with Crippen LogP contribution in [0.2, 0.25) is 0 Å². The van der Waals surface area contributed by atoms with Gasteiger partial charge in [0.05, 0.1) is 30.0 Å². The number of carboxylic acid groups (broad SMARTS) is 2. The number of alkyl halides is 6. The summed E-state index contributed by atoms with van der Waals surface area (Å²) >= 11 is 0. The molecule has 2 aliphatic rings. The minimum absolute atomic E-state index is 0.0920. The number of aliphatic carboxylic acids is 2. The molecule has 0 aliphatic carbocycles. The molecule has 45 heavy (non-hydrogen) atoms. The third-order valence-electron chi connectivity index (χ3n) is 7.32. The van der Waals surface area contributed by atoms with E-state index in [1.165, 1.54) is 0 Å². The number of imidazole rings is 1. The summed E-state index contributed by atoms with van der Waals surface area (Å²) in [5.41, 5.74) is 2.87. The molecule has 2 saturated heterocycles. The van der Waals surface area contributed by atoms with Crippen molar-refractivity contribution in [2.24, 2.45) is 5.41 Å². The number of amides is 1. The van der Waals surface area contributed by atoms with Crippen molar-refractivity contribution < 1.29 is 55.4 Å². The minimum atomic E-state index is -5.08. The Labute approximate surface area is 253 Å². The van der Waals surface area contributed by atoms with Crippen LogP contribution in [0.1, 0.15) is 49.0 Å². The molecule has 3 aromatic rings. The number of hydrogen-bond donors (Lipinski definition) is 2. The van der Waals surface area contributed by atoms with Crippen molar-refractivity contribution in [3.05, 3.63) is 72.5 Å². The van der Waals surface area contributed by atoms with E-state index < -0.39 is 29.7 Å². The van der Waals surface area contributed by atoms with Gasteiger partial charge in [-0.05, 0) is 44.0 Å². The summed E-state index contributed by atoms with van der Waals surface area (Å²) in [6.45, 7) is 8.09. The normalized spacial score (nSPS) is 20.2. The second kappa shape index (κ2) is 14.1. The molecule has 2 N–H and O–H groups in total. The van der Waals surface area contributed by atoms with Crippen LogP contribution >= 0.6 is 0 Å². The number of likely N-dealkylation sites (tertiary alicyclic amines) is 2. The monoisotopic (exact) mass is 647 g/mol. The zero-order chi connectivity index (χ0) is 33.6. The summed E-state index contributed by atoms with van der Waals surface area (Å²) in [7, 11) is 0. The Bertz CT molecular complexity index is 1400. The highest BCUT2D eigenvalue weighted by molar-refractivity contribution is 5.86. The Morgan fingerprint density at radius 3 is 2.11 bits per heavy atom. The van der Waals surface area contributed by atoms with Crippen molar-refractivity contribution in [1.29, 1.82) is 0 Å². The van der Waals surface area contributed by atoms with E-state index in [0.717, 1.165) is 49.4 Å². The highest BCUT2D eigenvalue weighted by Gasteiger charge is 2.57. The highest BCUT2D eigenvalue weighted by atomic mass is 19.4. The van der Waals surface area contributed by atoms with Gasteiger partial charge in [-0.25, -0.2) is 14.6 Å². The van der Waals surface area contributed by atoms with E-state index in [-0.39, 0.29) is 11.8 Å². The second-order valence-electron chi connectivity index (χ2n) is 10.8. The molecule has 0 bridgehead atoms. The lowest BCUT2D eigenvalue weighted by Crippen LogP contribution is -2.39. The maximum atomic E-state index is 13.8. The van der Waals surface area contributed by atoms with Crippen LogP contribution in [0.5, 0.6) is 0 Å². The summed E-state index contributed by atoms with van der Waals surface area (Å²) in [5.74, 6) is -5.17. The molecule has 2 unspecified atom stereocenters. The van der Waals surface area contributed by atoms with Crippen molar-refractivity contribution in [3.8, 4) is 0 Å². The van der Waals surface area contributed by atoms with E-state index in [2.05, 4.69) is 34.5 Å². The van der Waals surface area contributed by atoms with Gasteiger partial charge in [0.2, 0.25) is 5.91 Å². The fourth-order valence-corrected chi connectivity index (χ4v) is 5.15. The summed E-state index contributed by atoms with van der Waals surface area (Å²) in [6.07, 6.45) is 1.81. The zero-order valence-corrected chi connectivity index (χ0v) is 24.1. The first-order valence-corrected chi connectivity index (χ1v) is 13.5. The third kappa shape index (κ3) is 9.06. The van der Waals surface area contributed by atoms with E-state index in [1.54, 1.807) is 24.9 Å². The van der Waals surface area contributed by atoms with E-state index in [4.69, 9.17) is 29.2 Å². The average molecular weight is 648 g/mol. The summed E-state index contributed by atoms with van der Waals surface area (Å²) in [5, 5.41) is 14.2. The first-order chi connectivity index (χ1) is 20.9. The standard InChI is InChI=1S/C24H29N5O2.2C2HF3O2/c1-18(2)29-14-22(26-17-29)21-13-27(11-20-5-10-31-15-20)16-24(21)6-9-28(23(24)30)12-19-3-7-25-8-4-19;2*3-2(4,5)1(6)7/h3-5,7-8,10,14-15,17-18,21H,6,9,11-13,16H2,1-2H3;2*(H,6,7). The molecule has 0 aromatic carbocycles. The predicted molar refractivity (Wildman–Crippen MR) is 143 cm³/mol. The van der Waals surface area contributed by atoms with Gasteiger partial charge >= 0.3 is 24.3 Å². The number of hydrogen-bond acceptors (Lipinski definition) is 7. The summed E-state index contributed by atoms with van der Waals surface area (Å²) < 4.78 is 70.9. The number of rotatable bonds is 6. The molecule has 17 heteroatoms. The molecule has 2 atom stereocenters. The molecule has 0 saturated carbocycles. The molecule has 1 amide bonds. The molecule has 5 heterocycles. The molecule has 246 valence electrons. The van der Waals surface area contributed by atoms with Gasteiger partial charge in [-0.15, -0.1) is 0 Å². The number of furan rings is 1. The molecule has 1 spiro atoms. The van der Waals surface area contributed by atoms with Crippen LogP contribution < -0.4 is 0 Å². The van der Waals surface area contributed by atoms with Gasteiger partial charge in [-0.3, -0.25) is 14.7 Å². The SMILES string of the molecule is CC(C)n1cnc(C2CN(Cc3ccoc3)CC23CCN(Cc2ccncc2)C3=O)c1.O=C(O)C(F)(F)F.O=C(O)C(F)(F)F. The fourth-order valence-electron chi connectivity index (χ4n) is 5.15. The maximum absolute atomic E-state index is 13.8. The van der Waals surface area contributed by atoms with Crippen LogP contribution in [0.4, 0.5) is 26.3 Å². The first-order valence-electron chi connectivity index (χ1n) is 13.5. The molecule has 2 aliphatic heterocycles. The van der Waals surface area contributed by atoms with E-state index in [0.29, 0.717) is 12.6 Å². The zero-order valence-electron chi connectivity index (χ0n) is 24.1. The van der Waals surface area contributed by atoms with Gasteiger partial charge in [-0.2, -0.15) is 26.3 Å². The van der Waals surface area contributed by atoms with E-state index >= 15 is 0 Å². The molecule has 5 rings (SSSR count). The number of carbonyl (C=O) groups is 3. The molecule has 0 radical (unpaired) electrons. The van der Waals surface area contributed by atoms with Crippen molar-refractivity contribution >= 4 is 17.8 Å². The van der Waals surface area contributed by atoms with Gasteiger partial charge < -0.3 is 24.1 Å². The minimum Gasteiger partial charge on any atom is -0.475 e. The van der Waals surface area contributed by atoms with E-state index in [9.17, 15) is 31.1 Å². The lowest BCUT2D eigenvalue weighted by molar-refractivity contribution is -0.193. The maximum Gasteiger partial charge on any atom is 0.490 e. The van der Waals surface area contributed by atoms with Gasteiger partial charge in [0.1, 0.15) is 0 Å². The van der Waals surface area contributed by atoms with Crippen LogP contribution in [-0.4, -0.2) is 84.4 Å². The van der Waals surface area contributed by atoms with E-state index in [1.807, 2.05) is 29.4 Å². The predicted octanol–water partition coefficient (Wildman–Crippen LogP) is 4.74. The Morgan fingerprint density at radius 2 is 1.62 bits per heavy atom. The largest absolute Gasteiger partial charge is 0.490 e. The quantitative estimate of drug-likeness (QED) is 0.363. The van der Waals surface area contributed by atoms with Gasteiger partial charge in [0.25, 0.3) is 0 Å². The number of halogens is 6. The Balaban J connectivity index is 0.000000331. The lowest BCUT2D eigenvalue weighted by Gasteiger charge is -2.28. The summed E-state index contributed by atoms with van der Waals surface area (Å²) in [4.78, 5) is 44.9. The Hall–Kier alpha value is -4.41. The van der Waals surface area contributed by atoms with Crippen molar-refractivity contribution in [2.75, 3.05) is 19.6 Å². The number of pyridine rings is 1. The Kier molecular flexibility index (Phi) is 11.0. The molecule has 2 fully saturated rings. The lowest BCUT2D eigenvalue weighted by atomic mass is 9.75. The number of carboxylic acids is 2. The molecular weight excluding hydrogens is 616 g/mol. The highest BCUT2D eigenvalue weighted by Crippen LogP contribution is 2.50. The number of nitrogens with zero attached hydrogens (tertiary/aromatic N) is 5. The van der Waals surface area contributed by atoms with Crippen molar-refractivity contribution in [2.45, 2.75) is 57.7 Å². The van der Waals surface area contributed by atoms with Crippen LogP contribution in [0, 0.1) is 5.41 Å². The van der Waals surface area contributed by atoms with Crippen LogP contribution in [0.3, 0.4) is 0 Å². The van der Waals surface area contributed by atoms with Gasteiger partial charge in [-0.1, -0.05) is 0 Å². The second-order valence-corrected chi connectivity index (χ2v) is 10.8. The Morgan fingerprint density at radius 1 is 1.02 bits per heavy atom. The molecule has 3 aromatic heterocycles. The van der Waals surface area contributed by atoms with Crippen LogP contribution in [0.15, 0.2) is 60.1 Å². The summed E-state index contributed by atoms with van der Waals surface area (Å²) in [6, 6.07) is 6.32. The fraction of sp³-hybridized carbons (Fsp3) is 0.464. The third-order valence-corrected chi connectivity index (χ3v) is 7.32. The number of carbonyl (C=O) groups excluding carboxylic acids is 1.